The number of carbonyl (C=O) groups excluding carboxylic acids is 8. The van der Waals surface area contributed by atoms with Gasteiger partial charge in [0.05, 0.1) is 25.4 Å². The molecular formula is C27H39N9O13S2. The van der Waals surface area contributed by atoms with E-state index in [4.69, 9.17) is 5.73 Å². The fourth-order valence-electron chi connectivity index (χ4n) is 3.65. The number of rotatable bonds is 17. The summed E-state index contributed by atoms with van der Waals surface area (Å²) in [5.74, 6) is -6.81. The number of carbonyl (C=O) groups is 9. The Morgan fingerprint density at radius 3 is 1.86 bits per heavy atom. The smallest absolute Gasteiger partial charge is 0.330 e. The second-order valence-electron chi connectivity index (χ2n) is 10.5. The number of nitrogens with one attached hydrogen (secondary N) is 8. The lowest BCUT2D eigenvalue weighted by molar-refractivity contribution is -0.142. The van der Waals surface area contributed by atoms with Gasteiger partial charge in [-0.2, -0.15) is 0 Å². The molecule has 0 radical (unpaired) electrons. The first-order valence-electron chi connectivity index (χ1n) is 14.6. The maximum atomic E-state index is 12.7. The summed E-state index contributed by atoms with van der Waals surface area (Å²) in [7, 11) is 0.405. The summed E-state index contributed by atoms with van der Waals surface area (Å²) in [5, 5.41) is 52.2. The summed E-state index contributed by atoms with van der Waals surface area (Å²) in [6.45, 7) is 0.502. The Morgan fingerprint density at radius 1 is 0.745 bits per heavy atom. The number of thiol groups is 1. The van der Waals surface area contributed by atoms with Gasteiger partial charge in [-0.1, -0.05) is 41.1 Å². The number of carboxylic acid groups (broad SMARTS) is 1. The lowest BCUT2D eigenvalue weighted by Gasteiger charge is -2.24. The van der Waals surface area contributed by atoms with Crippen LogP contribution in [0.1, 0.15) is 19.4 Å². The molecule has 0 bridgehead atoms. The monoisotopic (exact) mass is 761 g/mol. The molecule has 0 aromatic heterocycles. The molecule has 0 aliphatic carbocycles. The number of aliphatic hydroxyl groups excluding tert-OH is 3. The van der Waals surface area contributed by atoms with Crippen LogP contribution in [0.15, 0.2) is 30.3 Å². The highest BCUT2D eigenvalue weighted by molar-refractivity contribution is 8.69. The van der Waals surface area contributed by atoms with Crippen molar-refractivity contribution in [3.05, 3.63) is 35.9 Å². The van der Waals surface area contributed by atoms with Crippen molar-refractivity contribution in [3.63, 3.8) is 0 Å². The van der Waals surface area contributed by atoms with Gasteiger partial charge < -0.3 is 52.7 Å². The molecule has 0 fully saturated rings. The van der Waals surface area contributed by atoms with Crippen molar-refractivity contribution in [2.75, 3.05) is 13.2 Å². The first-order valence-corrected chi connectivity index (χ1v) is 16.5. The Kier molecular flexibility index (Phi) is 18.9. The fourth-order valence-corrected chi connectivity index (χ4v) is 4.42. The molecule has 0 aliphatic rings. The Morgan fingerprint density at radius 2 is 1.33 bits per heavy atom. The van der Waals surface area contributed by atoms with Gasteiger partial charge >= 0.3 is 24.1 Å². The van der Waals surface area contributed by atoms with Gasteiger partial charge in [0.15, 0.2) is 5.37 Å². The van der Waals surface area contributed by atoms with Crippen LogP contribution < -0.4 is 48.3 Å². The van der Waals surface area contributed by atoms with Gasteiger partial charge in [-0.25, -0.2) is 19.2 Å². The summed E-state index contributed by atoms with van der Waals surface area (Å²) in [4.78, 5) is 110. The molecule has 1 aromatic carbocycles. The molecule has 0 saturated carbocycles. The van der Waals surface area contributed by atoms with E-state index in [9.17, 15) is 63.6 Å². The SMILES string of the molecule is C[C@@H](O)C(N)C(=O)NC(=O)NC(=O)NC(=O)N[C@@H](SS)C(=O)N[C@H](C(=O)NCC(=O)N[C@@H](CO)C(=O)N[C@@H](Cc1ccccc1)C(=O)O)[C@@H](C)O. The molecule has 51 heavy (non-hydrogen) atoms. The lowest BCUT2D eigenvalue weighted by Crippen LogP contribution is -2.59. The Balaban J connectivity index is 2.69. The van der Waals surface area contributed by atoms with Crippen LogP contribution in [0.25, 0.3) is 0 Å². The summed E-state index contributed by atoms with van der Waals surface area (Å²) >= 11 is 3.83. The van der Waals surface area contributed by atoms with Crippen LogP contribution in [-0.2, 0) is 35.2 Å². The number of imide groups is 3. The Hall–Kier alpha value is -5.01. The van der Waals surface area contributed by atoms with Crippen molar-refractivity contribution < 1.29 is 63.6 Å². The van der Waals surface area contributed by atoms with Gasteiger partial charge in [0.1, 0.15) is 24.2 Å². The minimum absolute atomic E-state index is 0.0946. The highest BCUT2D eigenvalue weighted by Gasteiger charge is 2.31. The van der Waals surface area contributed by atoms with E-state index in [0.717, 1.165) is 6.92 Å². The van der Waals surface area contributed by atoms with E-state index in [2.05, 4.69) is 32.9 Å². The number of aliphatic hydroxyl groups is 3. The number of nitrogens with two attached hydrogens (primary N) is 1. The standard InChI is InChI=1S/C27H39N9O13S2/c1-11(38)17(28)20(42)33-25(47)35-27(49)36-26(48)34-23(51-50)22(44)32-18(12(2)39)21(43)29-9-16(40)30-15(10-37)19(41)31-14(24(45)46)8-13-6-4-3-5-7-13/h3-7,11-12,14-15,17-18,23,37-39,50H,8-10,28H2,1-2H3,(H,29,43)(H,30,40)(H,31,41)(H,32,44)(H,45,46)(H4,33,34,35,36,42,47,48,49)/t11-,12-,14+,15+,17?,18+,23+/m1/s1. The molecule has 0 heterocycles. The van der Waals surface area contributed by atoms with Crippen molar-refractivity contribution in [1.29, 1.82) is 0 Å². The quantitative estimate of drug-likeness (QED) is 0.0402. The van der Waals surface area contributed by atoms with Crippen molar-refractivity contribution in [2.45, 2.75) is 62.0 Å². The lowest BCUT2D eigenvalue weighted by atomic mass is 10.1. The number of benzene rings is 1. The maximum Gasteiger partial charge on any atom is 0.330 e. The van der Waals surface area contributed by atoms with E-state index in [1.165, 1.54) is 6.92 Å². The second kappa shape index (κ2) is 21.9. The molecule has 14 N–H and O–H groups in total. The van der Waals surface area contributed by atoms with Crippen LogP contribution in [-0.4, -0.2) is 129 Å². The first kappa shape index (κ1) is 44.0. The second-order valence-corrected chi connectivity index (χ2v) is 11.8. The van der Waals surface area contributed by atoms with Crippen LogP contribution >= 0.6 is 22.5 Å². The molecule has 0 aliphatic heterocycles. The van der Waals surface area contributed by atoms with E-state index in [0.29, 0.717) is 16.4 Å². The molecule has 0 spiro atoms. The van der Waals surface area contributed by atoms with Crippen molar-refractivity contribution in [3.8, 4) is 0 Å². The highest BCUT2D eigenvalue weighted by atomic mass is 33.1. The zero-order valence-electron chi connectivity index (χ0n) is 26.9. The summed E-state index contributed by atoms with van der Waals surface area (Å²) in [6.07, 6.45) is -3.00. The molecule has 282 valence electrons. The van der Waals surface area contributed by atoms with Gasteiger partial charge in [0.2, 0.25) is 23.6 Å². The van der Waals surface area contributed by atoms with Gasteiger partial charge in [-0.05, 0) is 19.4 Å². The first-order chi connectivity index (χ1) is 23.9. The third-order valence-corrected chi connectivity index (χ3v) is 7.51. The molecular weight excluding hydrogens is 722 g/mol. The normalized spacial score (nSPS) is 14.7. The van der Waals surface area contributed by atoms with Gasteiger partial charge in [0.25, 0.3) is 5.91 Å². The number of urea groups is 3. The zero-order valence-corrected chi connectivity index (χ0v) is 28.7. The fraction of sp³-hybridized carbons (Fsp3) is 0.444. The number of hydrogen-bond acceptors (Lipinski definition) is 15. The molecule has 1 unspecified atom stereocenters. The number of hydrogen-bond donors (Lipinski definition) is 14. The molecule has 0 saturated heterocycles. The molecule has 7 atom stereocenters. The van der Waals surface area contributed by atoms with Crippen LogP contribution in [0.2, 0.25) is 0 Å². The average Bonchev–Trinajstić information content (AvgIpc) is 3.06. The third kappa shape index (κ3) is 16.0. The maximum absolute atomic E-state index is 12.7. The van der Waals surface area contributed by atoms with E-state index in [1.54, 1.807) is 46.3 Å². The summed E-state index contributed by atoms with van der Waals surface area (Å²) in [5.41, 5.74) is 5.94. The summed E-state index contributed by atoms with van der Waals surface area (Å²) in [6, 6.07) is -2.13. The minimum atomic E-state index is -1.73. The van der Waals surface area contributed by atoms with Crippen molar-refractivity contribution >= 4 is 76.1 Å². The van der Waals surface area contributed by atoms with Crippen LogP contribution in [0.5, 0.6) is 0 Å². The number of amides is 11. The number of aliphatic carboxylic acids is 1. The predicted octanol–water partition coefficient (Wildman–Crippen LogP) is -4.89. The molecule has 24 heteroatoms. The van der Waals surface area contributed by atoms with E-state index in [1.807, 2.05) is 5.32 Å². The van der Waals surface area contributed by atoms with Crippen LogP contribution in [0.4, 0.5) is 14.4 Å². The average molecular weight is 762 g/mol. The highest BCUT2D eigenvalue weighted by Crippen LogP contribution is 2.13. The third-order valence-electron chi connectivity index (χ3n) is 6.34. The summed E-state index contributed by atoms with van der Waals surface area (Å²) < 4.78 is 0. The van der Waals surface area contributed by atoms with Crippen molar-refractivity contribution in [1.82, 2.24) is 42.5 Å². The Bertz CT molecular complexity index is 1440. The molecule has 11 amide bonds. The number of carboxylic acids is 1. The minimum Gasteiger partial charge on any atom is -0.480 e. The van der Waals surface area contributed by atoms with Gasteiger partial charge in [-0.3, -0.25) is 39.9 Å². The molecule has 1 rings (SSSR count). The van der Waals surface area contributed by atoms with Gasteiger partial charge in [-0.15, -0.1) is 11.7 Å². The topological polar surface area (TPSA) is 357 Å². The Labute approximate surface area is 298 Å². The zero-order chi connectivity index (χ0) is 38.8. The van der Waals surface area contributed by atoms with E-state index >= 15 is 0 Å². The van der Waals surface area contributed by atoms with E-state index < -0.39 is 108 Å². The van der Waals surface area contributed by atoms with E-state index in [-0.39, 0.29) is 6.42 Å². The predicted molar refractivity (Wildman–Crippen MR) is 179 cm³/mol. The van der Waals surface area contributed by atoms with Crippen LogP contribution in [0, 0.1) is 0 Å². The largest absolute Gasteiger partial charge is 0.480 e. The molecule has 22 nitrogen and oxygen atoms in total. The molecule has 1 aromatic rings. The van der Waals surface area contributed by atoms with Gasteiger partial charge in [0, 0.05) is 6.42 Å². The van der Waals surface area contributed by atoms with Crippen molar-refractivity contribution in [2.24, 2.45) is 5.73 Å². The van der Waals surface area contributed by atoms with Crippen LogP contribution in [0.3, 0.4) is 0 Å².